The highest BCUT2D eigenvalue weighted by Gasteiger charge is 2.32. The first-order chi connectivity index (χ1) is 17.7. The quantitative estimate of drug-likeness (QED) is 0.0572. The highest BCUT2D eigenvalue weighted by molar-refractivity contribution is 8.44. The van der Waals surface area contributed by atoms with Gasteiger partial charge in [0.2, 0.25) is 5.91 Å². The second-order valence-electron chi connectivity index (χ2n) is 10.6. The zero-order valence-corrected chi connectivity index (χ0v) is 25.2. The van der Waals surface area contributed by atoms with Crippen molar-refractivity contribution in [2.24, 2.45) is 5.73 Å². The Hall–Kier alpha value is -0.0851. The Kier molecular flexibility index (Phi) is 20.5. The molecule has 8 nitrogen and oxygen atoms in total. The standard InChI is InChI=1S/C26H54BN2O6PS/c1-2-3-4-5-6-7-8-9-10-11-12-13-14-15-16-17-26(31)29-19-22(30)20-33-36(32,37)34-21-24-23(28)18-25(27)35-24/h22-25,30H,2-21,27-28H2,1H3,(H,29,31)(H,32,37)/t22?,23?,24-,25-,36?/m1/s1. The molecule has 0 aliphatic carbocycles. The summed E-state index contributed by atoms with van der Waals surface area (Å²) in [4.78, 5) is 12.0. The average molecular weight is 565 g/mol. The zero-order chi connectivity index (χ0) is 27.4. The first-order valence-corrected chi connectivity index (χ1v) is 17.4. The first-order valence-electron chi connectivity index (χ1n) is 14.7. The molecule has 1 fully saturated rings. The first kappa shape index (κ1) is 34.9. The van der Waals surface area contributed by atoms with Gasteiger partial charge in [-0.1, -0.05) is 109 Å². The fourth-order valence-corrected chi connectivity index (χ4v) is 5.74. The summed E-state index contributed by atoms with van der Waals surface area (Å²) >= 11 is 3.93. The average Bonchev–Trinajstić information content (AvgIpc) is 3.19. The Morgan fingerprint density at radius 2 is 1.54 bits per heavy atom. The molecule has 1 rings (SSSR count). The highest BCUT2D eigenvalue weighted by Crippen LogP contribution is 2.53. The second-order valence-corrected chi connectivity index (χ2v) is 13.5. The van der Waals surface area contributed by atoms with Gasteiger partial charge in [0, 0.05) is 25.0 Å². The molecule has 3 unspecified atom stereocenters. The van der Waals surface area contributed by atoms with Crippen LogP contribution in [0.5, 0.6) is 0 Å². The molecule has 0 spiro atoms. The molecule has 11 heteroatoms. The van der Waals surface area contributed by atoms with E-state index in [1.54, 1.807) is 0 Å². The maximum atomic E-state index is 12.3. The third kappa shape index (κ3) is 19.6. The number of amides is 1. The summed E-state index contributed by atoms with van der Waals surface area (Å²) in [6.07, 6.45) is 19.1. The van der Waals surface area contributed by atoms with Crippen molar-refractivity contribution in [1.82, 2.24) is 5.32 Å². The molecule has 5 atom stereocenters. The van der Waals surface area contributed by atoms with E-state index in [1.165, 1.54) is 77.0 Å². The molecule has 0 aromatic heterocycles. The molecule has 0 aromatic carbocycles. The fourth-order valence-electron chi connectivity index (χ4n) is 4.57. The lowest BCUT2D eigenvalue weighted by Crippen LogP contribution is -2.34. The summed E-state index contributed by atoms with van der Waals surface area (Å²) in [6, 6.07) is -0.155. The van der Waals surface area contributed by atoms with Crippen LogP contribution in [-0.4, -0.2) is 62.9 Å². The minimum absolute atomic E-state index is 0.0123. The molecule has 1 saturated heterocycles. The molecular formula is C26H54BN2O6PS. The van der Waals surface area contributed by atoms with E-state index in [2.05, 4.69) is 24.5 Å². The van der Waals surface area contributed by atoms with Crippen LogP contribution >= 0.6 is 19.0 Å². The minimum Gasteiger partial charge on any atom is -0.389 e. The number of hydrogen-bond acceptors (Lipinski definition) is 7. The van der Waals surface area contributed by atoms with Crippen LogP contribution < -0.4 is 11.1 Å². The lowest BCUT2D eigenvalue weighted by Gasteiger charge is -2.20. The monoisotopic (exact) mass is 564 g/mol. The number of nitrogens with two attached hydrogens (primary N) is 1. The van der Waals surface area contributed by atoms with Crippen molar-refractivity contribution in [3.05, 3.63) is 0 Å². The number of aliphatic hydroxyl groups excluding tert-OH is 1. The Balaban J connectivity index is 1.91. The molecule has 0 aromatic rings. The largest absolute Gasteiger partial charge is 0.389 e. The number of ether oxygens (including phenoxy) is 1. The number of unbranched alkanes of at least 4 members (excludes halogenated alkanes) is 14. The smallest absolute Gasteiger partial charge is 0.386 e. The molecule has 218 valence electrons. The Morgan fingerprint density at radius 3 is 2.03 bits per heavy atom. The predicted octanol–water partition coefficient (Wildman–Crippen LogP) is 4.87. The van der Waals surface area contributed by atoms with Crippen molar-refractivity contribution in [2.75, 3.05) is 19.8 Å². The molecule has 4 N–H and O–H groups in total. The molecular weight excluding hydrogens is 510 g/mol. The molecule has 37 heavy (non-hydrogen) atoms. The van der Waals surface area contributed by atoms with Crippen LogP contribution in [0.1, 0.15) is 116 Å². The van der Waals surface area contributed by atoms with E-state index in [1.807, 2.05) is 7.85 Å². The third-order valence-corrected chi connectivity index (χ3v) is 8.51. The van der Waals surface area contributed by atoms with Gasteiger partial charge in [0.15, 0.2) is 0 Å². The number of carbonyl (C=O) groups excluding carboxylic acids is 1. The van der Waals surface area contributed by atoms with E-state index in [-0.39, 0.29) is 43.8 Å². The summed E-state index contributed by atoms with van der Waals surface area (Å²) in [5, 5.41) is 12.7. The SMILES string of the molecule is B[C@H]1CC(N)[C@@H](COP(=O)(S)OCC(O)CNC(=O)CCCCCCCCCCCCCCCCC)O1. The van der Waals surface area contributed by atoms with Crippen molar-refractivity contribution in [3.63, 3.8) is 0 Å². The third-order valence-electron chi connectivity index (χ3n) is 6.86. The zero-order valence-electron chi connectivity index (χ0n) is 23.4. The van der Waals surface area contributed by atoms with Gasteiger partial charge in [-0.2, -0.15) is 0 Å². The van der Waals surface area contributed by atoms with Crippen molar-refractivity contribution in [2.45, 2.75) is 140 Å². The molecule has 0 radical (unpaired) electrons. The topological polar surface area (TPSA) is 120 Å². The van der Waals surface area contributed by atoms with E-state index in [9.17, 15) is 14.5 Å². The molecule has 0 saturated carbocycles. The van der Waals surface area contributed by atoms with E-state index < -0.39 is 12.9 Å². The number of aliphatic hydroxyl groups is 1. The van der Waals surface area contributed by atoms with Crippen molar-refractivity contribution in [3.8, 4) is 0 Å². The molecule has 1 aliphatic rings. The van der Waals surface area contributed by atoms with E-state index in [0.717, 1.165) is 19.3 Å². The van der Waals surface area contributed by atoms with Gasteiger partial charge in [-0.05, 0) is 12.8 Å². The Bertz CT molecular complexity index is 636. The van der Waals surface area contributed by atoms with E-state index >= 15 is 0 Å². The van der Waals surface area contributed by atoms with Crippen LogP contribution in [0.2, 0.25) is 0 Å². The minimum atomic E-state index is -3.65. The molecule has 1 amide bonds. The van der Waals surface area contributed by atoms with Crippen molar-refractivity contribution < 1.29 is 28.3 Å². The predicted molar refractivity (Wildman–Crippen MR) is 157 cm³/mol. The van der Waals surface area contributed by atoms with Crippen LogP contribution in [-0.2, 0) is 23.1 Å². The normalized spacial score (nSPS) is 22.1. The summed E-state index contributed by atoms with van der Waals surface area (Å²) in [6.45, 7) is -1.61. The van der Waals surface area contributed by atoms with Crippen LogP contribution in [0.25, 0.3) is 0 Å². The number of rotatable bonds is 24. The van der Waals surface area contributed by atoms with Crippen LogP contribution in [0.4, 0.5) is 0 Å². The van der Waals surface area contributed by atoms with Gasteiger partial charge in [0.1, 0.15) is 7.85 Å². The van der Waals surface area contributed by atoms with E-state index in [4.69, 9.17) is 19.5 Å². The number of thiol groups is 1. The second kappa shape index (κ2) is 21.7. The molecule has 0 bridgehead atoms. The summed E-state index contributed by atoms with van der Waals surface area (Å²) in [7, 11) is 1.92. The van der Waals surface area contributed by atoms with Gasteiger partial charge >= 0.3 is 6.80 Å². The van der Waals surface area contributed by atoms with Gasteiger partial charge in [0.05, 0.1) is 25.4 Å². The van der Waals surface area contributed by atoms with Crippen molar-refractivity contribution >= 4 is 32.8 Å². The maximum Gasteiger partial charge on any atom is 0.386 e. The lowest BCUT2D eigenvalue weighted by atomic mass is 9.95. The van der Waals surface area contributed by atoms with Gasteiger partial charge < -0.3 is 20.9 Å². The van der Waals surface area contributed by atoms with Gasteiger partial charge in [-0.25, -0.2) is 4.57 Å². The number of nitrogens with one attached hydrogen (secondary N) is 1. The van der Waals surface area contributed by atoms with Crippen LogP contribution in [0.15, 0.2) is 0 Å². The summed E-state index contributed by atoms with van der Waals surface area (Å²) in [5.74, 6) is -0.0967. The van der Waals surface area contributed by atoms with Crippen LogP contribution in [0.3, 0.4) is 0 Å². The van der Waals surface area contributed by atoms with Gasteiger partial charge in [-0.3, -0.25) is 13.8 Å². The fraction of sp³-hybridized carbons (Fsp3) is 0.962. The van der Waals surface area contributed by atoms with Gasteiger partial charge in [-0.15, -0.1) is 0 Å². The number of carbonyl (C=O) groups is 1. The Morgan fingerprint density at radius 1 is 1.03 bits per heavy atom. The van der Waals surface area contributed by atoms with Gasteiger partial charge in [0.25, 0.3) is 0 Å². The molecule has 1 aliphatic heterocycles. The number of hydrogen-bond donors (Lipinski definition) is 4. The lowest BCUT2D eigenvalue weighted by molar-refractivity contribution is -0.121. The van der Waals surface area contributed by atoms with E-state index in [0.29, 0.717) is 12.8 Å². The van der Waals surface area contributed by atoms with Crippen LogP contribution in [0, 0.1) is 0 Å². The maximum absolute atomic E-state index is 12.3. The highest BCUT2D eigenvalue weighted by atomic mass is 32.7. The summed E-state index contributed by atoms with van der Waals surface area (Å²) < 4.78 is 28.3. The van der Waals surface area contributed by atoms with Crippen molar-refractivity contribution in [1.29, 1.82) is 0 Å². The Labute approximate surface area is 232 Å². The molecule has 1 heterocycles. The summed E-state index contributed by atoms with van der Waals surface area (Å²) in [5.41, 5.74) is 5.95.